The minimum atomic E-state index is -4.77. The summed E-state index contributed by atoms with van der Waals surface area (Å²) in [5.74, 6) is -1.35. The summed E-state index contributed by atoms with van der Waals surface area (Å²) >= 11 is 3.15. The van der Waals surface area contributed by atoms with Crippen molar-refractivity contribution in [1.29, 1.82) is 0 Å². The summed E-state index contributed by atoms with van der Waals surface area (Å²) in [5, 5.41) is 0. The molecule has 1 aromatic heterocycles. The summed E-state index contributed by atoms with van der Waals surface area (Å²) in [7, 11) is -2.14. The Kier molecular flexibility index (Phi) is 6.94. The normalized spacial score (nSPS) is 18.0. The number of rotatable bonds is 5. The average molecular weight is 563 g/mol. The van der Waals surface area contributed by atoms with Crippen LogP contribution in [0.3, 0.4) is 0 Å². The van der Waals surface area contributed by atoms with E-state index in [0.717, 1.165) is 12.5 Å². The Balaban J connectivity index is 2.21. The second-order valence-corrected chi connectivity index (χ2v) is 11.3. The van der Waals surface area contributed by atoms with Crippen molar-refractivity contribution in [2.75, 3.05) is 14.1 Å². The summed E-state index contributed by atoms with van der Waals surface area (Å²) in [6.45, 7) is 7.26. The van der Waals surface area contributed by atoms with Gasteiger partial charge in [-0.1, -0.05) is 12.1 Å². The molecule has 0 bridgehead atoms. The first kappa shape index (κ1) is 26.6. The summed E-state index contributed by atoms with van der Waals surface area (Å²) in [6.07, 6.45) is -2.70. The minimum Gasteiger partial charge on any atom is -0.399 e. The molecule has 8 nitrogen and oxygen atoms in total. The molecule has 14 heteroatoms. The monoisotopic (exact) mass is 562 g/mol. The maximum Gasteiger partial charge on any atom is 0.496 e. The van der Waals surface area contributed by atoms with Gasteiger partial charge in [-0.2, -0.15) is 21.6 Å². The molecule has 1 aliphatic heterocycles. The molecule has 0 unspecified atom stereocenters. The van der Waals surface area contributed by atoms with Crippen LogP contribution < -0.4 is 5.46 Å². The van der Waals surface area contributed by atoms with Crippen LogP contribution in [0.1, 0.15) is 33.5 Å². The Morgan fingerprint density at radius 1 is 1.15 bits per heavy atom. The molecule has 1 aromatic carbocycles. The molecule has 0 amide bonds. The first-order chi connectivity index (χ1) is 15.4. The zero-order valence-electron chi connectivity index (χ0n) is 19.3. The number of nitrogens with zero attached hydrogens (tertiary/aromatic N) is 4. The molecule has 184 valence electrons. The number of hydrogen-bond donors (Lipinski definition) is 0. The fourth-order valence-electron chi connectivity index (χ4n) is 2.99. The molecule has 1 fully saturated rings. The van der Waals surface area contributed by atoms with Crippen LogP contribution in [0.25, 0.3) is 11.3 Å². The molecule has 1 saturated heterocycles. The molecule has 2 heterocycles. The number of sulfonamides is 1. The van der Waals surface area contributed by atoms with Crippen molar-refractivity contribution >= 4 is 44.9 Å². The predicted molar refractivity (Wildman–Crippen MR) is 125 cm³/mol. The maximum absolute atomic E-state index is 13.2. The first-order valence-corrected chi connectivity index (χ1v) is 12.2. The second-order valence-electron chi connectivity index (χ2n) is 8.89. The third-order valence-electron chi connectivity index (χ3n) is 5.49. The van der Waals surface area contributed by atoms with E-state index in [0.29, 0.717) is 0 Å². The molecule has 0 aliphatic carbocycles. The van der Waals surface area contributed by atoms with E-state index in [4.69, 9.17) is 9.31 Å². The van der Waals surface area contributed by atoms with Gasteiger partial charge in [-0.15, -0.1) is 4.40 Å². The van der Waals surface area contributed by atoms with E-state index in [1.807, 2.05) is 27.7 Å². The third-order valence-corrected chi connectivity index (χ3v) is 7.35. The van der Waals surface area contributed by atoms with Crippen LogP contribution in [0, 0.1) is 0 Å². The van der Waals surface area contributed by atoms with Crippen LogP contribution in [0.2, 0.25) is 0 Å². The van der Waals surface area contributed by atoms with Crippen molar-refractivity contribution in [3.63, 3.8) is 0 Å². The van der Waals surface area contributed by atoms with Crippen LogP contribution in [-0.4, -0.2) is 62.0 Å². The van der Waals surface area contributed by atoms with Gasteiger partial charge in [-0.3, -0.25) is 0 Å². The molecule has 1 aliphatic rings. The molecule has 0 atom stereocenters. The van der Waals surface area contributed by atoms with Gasteiger partial charge >= 0.3 is 13.3 Å². The molecule has 0 saturated carbocycles. The number of halogens is 4. The third kappa shape index (κ3) is 5.29. The lowest BCUT2D eigenvalue weighted by molar-refractivity contribution is -0.144. The molecular formula is C20H23BBrF3N4O4S. The zero-order valence-corrected chi connectivity index (χ0v) is 21.7. The molecule has 34 heavy (non-hydrogen) atoms. The van der Waals surface area contributed by atoms with Crippen molar-refractivity contribution in [2.24, 2.45) is 4.40 Å². The van der Waals surface area contributed by atoms with Gasteiger partial charge < -0.3 is 14.2 Å². The Hall–Kier alpha value is -2.03. The first-order valence-electron chi connectivity index (χ1n) is 10.0. The fourth-order valence-corrected chi connectivity index (χ4v) is 4.57. The number of aromatic nitrogens is 2. The fraction of sp³-hybridized carbons (Fsp3) is 0.450. The Morgan fingerprint density at radius 3 is 2.26 bits per heavy atom. The van der Waals surface area contributed by atoms with Gasteiger partial charge in [0.25, 0.3) is 10.0 Å². The van der Waals surface area contributed by atoms with Gasteiger partial charge in [0.15, 0.2) is 0 Å². The van der Waals surface area contributed by atoms with Crippen LogP contribution in [0.5, 0.6) is 0 Å². The van der Waals surface area contributed by atoms with E-state index in [2.05, 4.69) is 30.3 Å². The van der Waals surface area contributed by atoms with Crippen LogP contribution in [0.4, 0.5) is 13.2 Å². The number of alkyl halides is 3. The smallest absolute Gasteiger partial charge is 0.399 e. The zero-order chi connectivity index (χ0) is 25.7. The van der Waals surface area contributed by atoms with Crippen molar-refractivity contribution in [1.82, 2.24) is 14.9 Å². The molecule has 0 spiro atoms. The summed E-state index contributed by atoms with van der Waals surface area (Å²) in [6, 6.07) is 4.08. The molecular weight excluding hydrogens is 540 g/mol. The highest BCUT2D eigenvalue weighted by Crippen LogP contribution is 2.38. The van der Waals surface area contributed by atoms with Gasteiger partial charge in [0.2, 0.25) is 5.82 Å². The van der Waals surface area contributed by atoms with Gasteiger partial charge in [0, 0.05) is 31.3 Å². The SMILES string of the molecule is CN(C)C=NS(=O)(=O)c1cc(-c2nc(C(F)(F)F)ncc2Br)ccc1B1OC(C)(C)C(C)(C)O1. The summed E-state index contributed by atoms with van der Waals surface area (Å²) in [5.41, 5.74) is -1.35. The second kappa shape index (κ2) is 8.88. The van der Waals surface area contributed by atoms with Gasteiger partial charge in [-0.25, -0.2) is 9.97 Å². The van der Waals surface area contributed by atoms with Gasteiger partial charge in [-0.05, 0) is 49.7 Å². The van der Waals surface area contributed by atoms with Gasteiger partial charge in [0.05, 0.1) is 26.3 Å². The van der Waals surface area contributed by atoms with E-state index < -0.39 is 40.3 Å². The lowest BCUT2D eigenvalue weighted by Crippen LogP contribution is -2.41. The van der Waals surface area contributed by atoms with Crippen LogP contribution >= 0.6 is 15.9 Å². The van der Waals surface area contributed by atoms with E-state index >= 15 is 0 Å². The molecule has 0 radical (unpaired) electrons. The summed E-state index contributed by atoms with van der Waals surface area (Å²) in [4.78, 5) is 8.06. The average Bonchev–Trinajstić information content (AvgIpc) is 2.92. The summed E-state index contributed by atoms with van der Waals surface area (Å²) < 4.78 is 81.7. The topological polar surface area (TPSA) is 94.0 Å². The Bertz CT molecular complexity index is 1220. The van der Waals surface area contributed by atoms with Crippen LogP contribution in [0.15, 0.2) is 38.2 Å². The highest BCUT2D eigenvalue weighted by molar-refractivity contribution is 9.10. The van der Waals surface area contributed by atoms with Gasteiger partial charge in [0.1, 0.15) is 6.34 Å². The highest BCUT2D eigenvalue weighted by atomic mass is 79.9. The molecule has 2 aromatic rings. The predicted octanol–water partition coefficient (Wildman–Crippen LogP) is 3.50. The van der Waals surface area contributed by atoms with Crippen molar-refractivity contribution in [3.05, 3.63) is 34.7 Å². The molecule has 3 rings (SSSR count). The maximum atomic E-state index is 13.2. The number of benzene rings is 1. The van der Waals surface area contributed by atoms with Crippen LogP contribution in [-0.2, 0) is 25.5 Å². The Labute approximate surface area is 204 Å². The number of hydrogen-bond acceptors (Lipinski definition) is 6. The lowest BCUT2D eigenvalue weighted by atomic mass is 9.78. The standard InChI is InChI=1S/C20H23BBrF3N4O4S/c1-18(2)19(3,4)33-21(32-18)13-8-7-12(9-15(13)34(30,31)27-11-29(5)6)16-14(22)10-26-17(28-16)20(23,24)25/h7-11H,1-6H3. The van der Waals surface area contributed by atoms with Crippen molar-refractivity contribution < 1.29 is 30.9 Å². The van der Waals surface area contributed by atoms with Crippen molar-refractivity contribution in [3.8, 4) is 11.3 Å². The largest absolute Gasteiger partial charge is 0.496 e. The highest BCUT2D eigenvalue weighted by Gasteiger charge is 2.53. The van der Waals surface area contributed by atoms with E-state index in [1.54, 1.807) is 14.1 Å². The van der Waals surface area contributed by atoms with E-state index in [1.165, 1.54) is 23.1 Å². The minimum absolute atomic E-state index is 0.110. The van der Waals surface area contributed by atoms with E-state index in [-0.39, 0.29) is 26.1 Å². The van der Waals surface area contributed by atoms with E-state index in [9.17, 15) is 21.6 Å². The quantitative estimate of drug-likeness (QED) is 0.313. The molecule has 0 N–H and O–H groups in total. The Morgan fingerprint density at radius 2 is 1.74 bits per heavy atom. The van der Waals surface area contributed by atoms with Crippen molar-refractivity contribution in [2.45, 2.75) is 50.0 Å². The lowest BCUT2D eigenvalue weighted by Gasteiger charge is -2.32.